The van der Waals surface area contributed by atoms with E-state index in [1.54, 1.807) is 7.05 Å². The number of carbonyl (C=O) groups is 1. The number of guanidine groups is 1. The molecule has 1 amide bonds. The van der Waals surface area contributed by atoms with Gasteiger partial charge in [0.25, 0.3) is 5.91 Å². The molecule has 156 valence electrons. The number of hydrogen-bond donors (Lipinski definition) is 2. The molecule has 1 aromatic rings. The van der Waals surface area contributed by atoms with E-state index in [-0.39, 0.29) is 5.91 Å². The Balaban J connectivity index is 1.70. The van der Waals surface area contributed by atoms with Gasteiger partial charge in [-0.15, -0.1) is 0 Å². The third-order valence-corrected chi connectivity index (χ3v) is 4.74. The maximum absolute atomic E-state index is 12.5. The Kier molecular flexibility index (Phi) is 9.83. The molecule has 0 saturated carbocycles. The fourth-order valence-electron chi connectivity index (χ4n) is 3.15. The number of likely N-dealkylation sites (tertiary alicyclic amines) is 1. The second kappa shape index (κ2) is 12.4. The van der Waals surface area contributed by atoms with Crippen molar-refractivity contribution in [2.45, 2.75) is 46.1 Å². The first kappa shape index (κ1) is 22.2. The lowest BCUT2D eigenvalue weighted by molar-refractivity contribution is 0.0724. The Labute approximate surface area is 169 Å². The van der Waals surface area contributed by atoms with Crippen LogP contribution in [-0.4, -0.2) is 56.7 Å². The van der Waals surface area contributed by atoms with Gasteiger partial charge in [-0.05, 0) is 49.3 Å². The van der Waals surface area contributed by atoms with Gasteiger partial charge in [-0.3, -0.25) is 9.79 Å². The highest BCUT2D eigenvalue weighted by Crippen LogP contribution is 2.13. The fraction of sp³-hybridized carbons (Fsp3) is 0.636. The normalized spacial score (nSPS) is 15.0. The summed E-state index contributed by atoms with van der Waals surface area (Å²) in [5.74, 6) is 1.50. The summed E-state index contributed by atoms with van der Waals surface area (Å²) >= 11 is 0. The second-order valence-corrected chi connectivity index (χ2v) is 7.72. The van der Waals surface area contributed by atoms with Crippen LogP contribution in [0.3, 0.4) is 0 Å². The van der Waals surface area contributed by atoms with Crippen molar-refractivity contribution in [3.63, 3.8) is 0 Å². The zero-order chi connectivity index (χ0) is 20.2. The fourth-order valence-corrected chi connectivity index (χ4v) is 3.15. The van der Waals surface area contributed by atoms with Crippen molar-refractivity contribution < 1.29 is 9.53 Å². The number of nitrogens with zero attached hydrogens (tertiary/aromatic N) is 2. The predicted octanol–water partition coefficient (Wildman–Crippen LogP) is 3.04. The van der Waals surface area contributed by atoms with Crippen LogP contribution in [-0.2, 0) is 11.3 Å². The van der Waals surface area contributed by atoms with Crippen LogP contribution in [0.5, 0.6) is 0 Å². The molecule has 0 bridgehead atoms. The lowest BCUT2D eigenvalue weighted by Gasteiger charge is -2.26. The van der Waals surface area contributed by atoms with Crippen molar-refractivity contribution in [3.8, 4) is 0 Å². The lowest BCUT2D eigenvalue weighted by Crippen LogP contribution is -2.37. The Morgan fingerprint density at radius 2 is 1.86 bits per heavy atom. The molecule has 0 radical (unpaired) electrons. The van der Waals surface area contributed by atoms with Gasteiger partial charge in [-0.1, -0.05) is 26.0 Å². The van der Waals surface area contributed by atoms with Gasteiger partial charge in [-0.2, -0.15) is 0 Å². The van der Waals surface area contributed by atoms with Crippen LogP contribution in [0.4, 0.5) is 0 Å². The molecule has 0 atom stereocenters. The number of nitrogens with one attached hydrogen (secondary N) is 2. The van der Waals surface area contributed by atoms with E-state index in [9.17, 15) is 4.79 Å². The zero-order valence-corrected chi connectivity index (χ0v) is 17.7. The number of aliphatic imine (C=N–C) groups is 1. The van der Waals surface area contributed by atoms with Gasteiger partial charge >= 0.3 is 0 Å². The van der Waals surface area contributed by atoms with Crippen LogP contribution >= 0.6 is 0 Å². The second-order valence-electron chi connectivity index (χ2n) is 7.72. The topological polar surface area (TPSA) is 66.0 Å². The molecule has 1 aromatic carbocycles. The number of benzene rings is 1. The highest BCUT2D eigenvalue weighted by atomic mass is 16.5. The Morgan fingerprint density at radius 1 is 1.14 bits per heavy atom. The number of amides is 1. The number of hydrogen-bond acceptors (Lipinski definition) is 3. The van der Waals surface area contributed by atoms with E-state index in [2.05, 4.69) is 29.5 Å². The Bertz CT molecular complexity index is 607. The summed E-state index contributed by atoms with van der Waals surface area (Å²) in [6.07, 6.45) is 4.41. The van der Waals surface area contributed by atoms with Crippen molar-refractivity contribution in [1.82, 2.24) is 15.5 Å². The summed E-state index contributed by atoms with van der Waals surface area (Å²) in [6, 6.07) is 7.88. The lowest BCUT2D eigenvalue weighted by atomic mass is 10.1. The largest absolute Gasteiger partial charge is 0.381 e. The SMILES string of the molecule is CN=C(NCCCOCC(C)C)NCc1ccc(C(=O)N2CCCCC2)cc1. The van der Waals surface area contributed by atoms with Gasteiger partial charge in [0, 0.05) is 52.0 Å². The van der Waals surface area contributed by atoms with E-state index in [1.165, 1.54) is 6.42 Å². The molecule has 1 heterocycles. The van der Waals surface area contributed by atoms with E-state index in [1.807, 2.05) is 29.2 Å². The molecule has 6 nitrogen and oxygen atoms in total. The third kappa shape index (κ3) is 7.89. The van der Waals surface area contributed by atoms with E-state index in [0.717, 1.165) is 69.2 Å². The summed E-state index contributed by atoms with van der Waals surface area (Å²) in [7, 11) is 1.77. The Morgan fingerprint density at radius 3 is 2.50 bits per heavy atom. The highest BCUT2D eigenvalue weighted by molar-refractivity contribution is 5.94. The van der Waals surface area contributed by atoms with Crippen LogP contribution in [0.1, 0.15) is 55.5 Å². The Hall–Kier alpha value is -2.08. The monoisotopic (exact) mass is 388 g/mol. The van der Waals surface area contributed by atoms with Crippen molar-refractivity contribution >= 4 is 11.9 Å². The molecule has 0 aromatic heterocycles. The van der Waals surface area contributed by atoms with Gasteiger partial charge in [0.15, 0.2) is 5.96 Å². The van der Waals surface area contributed by atoms with Gasteiger partial charge in [-0.25, -0.2) is 0 Å². The highest BCUT2D eigenvalue weighted by Gasteiger charge is 2.17. The van der Waals surface area contributed by atoms with Gasteiger partial charge in [0.2, 0.25) is 0 Å². The van der Waals surface area contributed by atoms with E-state index in [0.29, 0.717) is 12.5 Å². The maximum Gasteiger partial charge on any atom is 0.253 e. The predicted molar refractivity (Wildman–Crippen MR) is 115 cm³/mol. The van der Waals surface area contributed by atoms with Crippen LogP contribution in [0.15, 0.2) is 29.3 Å². The number of carbonyl (C=O) groups excluding carboxylic acids is 1. The molecule has 1 saturated heterocycles. The smallest absolute Gasteiger partial charge is 0.253 e. The minimum atomic E-state index is 0.149. The van der Waals surface area contributed by atoms with Gasteiger partial charge in [0.1, 0.15) is 0 Å². The molecule has 28 heavy (non-hydrogen) atoms. The van der Waals surface area contributed by atoms with Crippen LogP contribution in [0.25, 0.3) is 0 Å². The summed E-state index contributed by atoms with van der Waals surface area (Å²) < 4.78 is 5.58. The van der Waals surface area contributed by atoms with Crippen molar-refractivity contribution in [2.75, 3.05) is 39.9 Å². The molecular formula is C22H36N4O2. The molecular weight excluding hydrogens is 352 g/mol. The molecule has 1 fully saturated rings. The number of ether oxygens (including phenoxy) is 1. The van der Waals surface area contributed by atoms with Gasteiger partial charge < -0.3 is 20.3 Å². The molecule has 0 spiro atoms. The third-order valence-electron chi connectivity index (χ3n) is 4.74. The molecule has 1 aliphatic rings. The number of piperidine rings is 1. The molecule has 0 aliphatic carbocycles. The quantitative estimate of drug-likeness (QED) is 0.388. The van der Waals surface area contributed by atoms with Crippen molar-refractivity contribution in [1.29, 1.82) is 0 Å². The van der Waals surface area contributed by atoms with E-state index >= 15 is 0 Å². The van der Waals surface area contributed by atoms with Crippen molar-refractivity contribution in [2.24, 2.45) is 10.9 Å². The summed E-state index contributed by atoms with van der Waals surface area (Å²) in [5.41, 5.74) is 1.90. The minimum Gasteiger partial charge on any atom is -0.381 e. The molecule has 6 heteroatoms. The average molecular weight is 389 g/mol. The number of rotatable bonds is 9. The summed E-state index contributed by atoms with van der Waals surface area (Å²) in [4.78, 5) is 18.7. The van der Waals surface area contributed by atoms with Crippen LogP contribution in [0, 0.1) is 5.92 Å². The van der Waals surface area contributed by atoms with Crippen LogP contribution < -0.4 is 10.6 Å². The average Bonchev–Trinajstić information content (AvgIpc) is 2.73. The molecule has 2 N–H and O–H groups in total. The molecule has 0 unspecified atom stereocenters. The first-order chi connectivity index (χ1) is 13.6. The maximum atomic E-state index is 12.5. The van der Waals surface area contributed by atoms with E-state index < -0.39 is 0 Å². The first-order valence-electron chi connectivity index (χ1n) is 10.5. The zero-order valence-electron chi connectivity index (χ0n) is 17.7. The van der Waals surface area contributed by atoms with Gasteiger partial charge in [0.05, 0.1) is 0 Å². The van der Waals surface area contributed by atoms with Crippen LogP contribution in [0.2, 0.25) is 0 Å². The van der Waals surface area contributed by atoms with E-state index in [4.69, 9.17) is 4.74 Å². The molecule has 1 aliphatic heterocycles. The van der Waals surface area contributed by atoms with Crippen molar-refractivity contribution in [3.05, 3.63) is 35.4 Å². The standard InChI is InChI=1S/C22H36N4O2/c1-18(2)17-28-15-7-12-24-22(23-3)25-16-19-8-10-20(11-9-19)21(27)26-13-5-4-6-14-26/h8-11,18H,4-7,12-17H2,1-3H3,(H2,23,24,25). The molecule has 2 rings (SSSR count). The minimum absolute atomic E-state index is 0.149. The summed E-state index contributed by atoms with van der Waals surface area (Å²) in [5, 5.41) is 6.61. The summed E-state index contributed by atoms with van der Waals surface area (Å²) in [6.45, 7) is 9.13. The first-order valence-corrected chi connectivity index (χ1v) is 10.5.